The first kappa shape index (κ1) is 16.5. The topological polar surface area (TPSA) is 44.8 Å². The molecule has 4 heteroatoms. The van der Waals surface area contributed by atoms with Crippen molar-refractivity contribution in [2.45, 2.75) is 17.1 Å². The van der Waals surface area contributed by atoms with E-state index in [9.17, 15) is 4.79 Å². The molecule has 0 bridgehead atoms. The second kappa shape index (κ2) is 5.91. The van der Waals surface area contributed by atoms with E-state index in [2.05, 4.69) is 12.2 Å². The van der Waals surface area contributed by atoms with E-state index in [4.69, 9.17) is 14.2 Å². The Morgan fingerprint density at radius 3 is 2.26 bits per heavy atom. The summed E-state index contributed by atoms with van der Waals surface area (Å²) in [5.74, 6) is -0.213. The number of Topliss-reactive ketones (excluding diaryl/α,β-unsaturated/α-hetero) is 1. The molecule has 1 fully saturated rings. The van der Waals surface area contributed by atoms with Gasteiger partial charge in [-0.3, -0.25) is 4.79 Å². The molecular formula is C23H20O4. The number of carbonyl (C=O) groups excluding carboxylic acids is 1. The number of allylic oxidation sites excluding steroid dienone is 2. The Hall–Kier alpha value is -2.69. The third kappa shape index (κ3) is 2.34. The average molecular weight is 360 g/mol. The lowest BCUT2D eigenvalue weighted by Crippen LogP contribution is -2.35. The lowest BCUT2D eigenvalue weighted by atomic mass is 9.69. The van der Waals surface area contributed by atoms with Crippen molar-refractivity contribution >= 4 is 5.78 Å². The van der Waals surface area contributed by atoms with E-state index < -0.39 is 11.2 Å². The van der Waals surface area contributed by atoms with E-state index in [1.54, 1.807) is 7.11 Å². The SMILES string of the molecule is COc1ccc(C2C(=O)c3ccccc3C23C=CC2(C=C3)OCCO2)cc1. The van der Waals surface area contributed by atoms with E-state index in [-0.39, 0.29) is 11.7 Å². The first-order valence-electron chi connectivity index (χ1n) is 9.14. The van der Waals surface area contributed by atoms with Crippen molar-refractivity contribution in [1.82, 2.24) is 0 Å². The Morgan fingerprint density at radius 1 is 0.926 bits per heavy atom. The molecule has 3 aliphatic rings. The molecule has 2 aromatic carbocycles. The molecule has 1 atom stereocenters. The highest BCUT2D eigenvalue weighted by molar-refractivity contribution is 6.08. The number of fused-ring (bicyclic) bond motifs is 2. The zero-order valence-corrected chi connectivity index (χ0v) is 15.1. The van der Waals surface area contributed by atoms with Gasteiger partial charge < -0.3 is 14.2 Å². The van der Waals surface area contributed by atoms with Crippen LogP contribution in [0.3, 0.4) is 0 Å². The predicted octanol–water partition coefficient (Wildman–Crippen LogP) is 3.78. The van der Waals surface area contributed by atoms with E-state index >= 15 is 0 Å². The lowest BCUT2D eigenvalue weighted by molar-refractivity contribution is -0.0763. The molecule has 1 saturated heterocycles. The number of ether oxygens (including phenoxy) is 3. The molecule has 4 nitrogen and oxygen atoms in total. The lowest BCUT2D eigenvalue weighted by Gasteiger charge is -2.35. The van der Waals surface area contributed by atoms with Gasteiger partial charge in [-0.2, -0.15) is 0 Å². The van der Waals surface area contributed by atoms with Crippen LogP contribution in [0.2, 0.25) is 0 Å². The molecule has 2 spiro atoms. The molecule has 0 radical (unpaired) electrons. The quantitative estimate of drug-likeness (QED) is 0.765. The summed E-state index contributed by atoms with van der Waals surface area (Å²) in [6.07, 6.45) is 8.06. The van der Waals surface area contributed by atoms with E-state index in [1.807, 2.05) is 60.7 Å². The molecule has 0 aromatic heterocycles. The summed E-state index contributed by atoms with van der Waals surface area (Å²) in [6, 6.07) is 15.6. The number of ketones is 1. The standard InChI is InChI=1S/C23H20O4/c1-25-17-8-6-16(7-9-17)20-21(24)18-4-2-3-5-19(18)22(20)10-12-23(13-11-22)26-14-15-27-23/h2-13,20H,14-15H2,1H3. The highest BCUT2D eigenvalue weighted by Crippen LogP contribution is 2.53. The molecule has 0 N–H and O–H groups in total. The molecule has 0 amide bonds. The maximum absolute atomic E-state index is 13.4. The third-order valence-electron chi connectivity index (χ3n) is 5.77. The van der Waals surface area contributed by atoms with Crippen molar-refractivity contribution in [3.8, 4) is 5.75 Å². The van der Waals surface area contributed by atoms with Gasteiger partial charge in [-0.05, 0) is 35.4 Å². The molecule has 136 valence electrons. The van der Waals surface area contributed by atoms with Gasteiger partial charge >= 0.3 is 0 Å². The van der Waals surface area contributed by atoms with Crippen molar-refractivity contribution in [2.75, 3.05) is 20.3 Å². The molecule has 1 unspecified atom stereocenters. The molecular weight excluding hydrogens is 340 g/mol. The van der Waals surface area contributed by atoms with E-state index in [0.717, 1.165) is 22.4 Å². The van der Waals surface area contributed by atoms with Crippen molar-refractivity contribution in [3.63, 3.8) is 0 Å². The summed E-state index contributed by atoms with van der Waals surface area (Å²) >= 11 is 0. The summed E-state index contributed by atoms with van der Waals surface area (Å²) in [5, 5.41) is 0. The van der Waals surface area contributed by atoms with Gasteiger partial charge in [0.05, 0.1) is 26.2 Å². The van der Waals surface area contributed by atoms with Crippen LogP contribution in [0, 0.1) is 0 Å². The summed E-state index contributed by atoms with van der Waals surface area (Å²) in [7, 11) is 1.64. The summed E-state index contributed by atoms with van der Waals surface area (Å²) in [6.45, 7) is 1.14. The predicted molar refractivity (Wildman–Crippen MR) is 101 cm³/mol. The Bertz CT molecular complexity index is 933. The second-order valence-corrected chi connectivity index (χ2v) is 7.13. The highest BCUT2D eigenvalue weighted by Gasteiger charge is 2.52. The summed E-state index contributed by atoms with van der Waals surface area (Å²) in [4.78, 5) is 13.4. The fourth-order valence-electron chi connectivity index (χ4n) is 4.45. The maximum Gasteiger partial charge on any atom is 0.208 e. The number of methoxy groups -OCH3 is 1. The van der Waals surface area contributed by atoms with E-state index in [1.165, 1.54) is 0 Å². The van der Waals surface area contributed by atoms with Crippen LogP contribution in [0.25, 0.3) is 0 Å². The monoisotopic (exact) mass is 360 g/mol. The molecule has 27 heavy (non-hydrogen) atoms. The third-order valence-corrected chi connectivity index (χ3v) is 5.77. The van der Waals surface area contributed by atoms with Crippen LogP contribution in [0.1, 0.15) is 27.4 Å². The van der Waals surface area contributed by atoms with Crippen LogP contribution in [0.4, 0.5) is 0 Å². The number of benzene rings is 2. The molecule has 0 saturated carbocycles. The maximum atomic E-state index is 13.4. The van der Waals surface area contributed by atoms with Crippen LogP contribution >= 0.6 is 0 Å². The van der Waals surface area contributed by atoms with Crippen molar-refractivity contribution in [1.29, 1.82) is 0 Å². The highest BCUT2D eigenvalue weighted by atomic mass is 16.7. The van der Waals surface area contributed by atoms with Crippen LogP contribution in [-0.2, 0) is 14.9 Å². The number of rotatable bonds is 2. The van der Waals surface area contributed by atoms with Gasteiger partial charge in [-0.1, -0.05) is 48.6 Å². The average Bonchev–Trinajstić information content (AvgIpc) is 3.27. The largest absolute Gasteiger partial charge is 0.497 e. The van der Waals surface area contributed by atoms with Gasteiger partial charge in [-0.15, -0.1) is 0 Å². The normalized spacial score (nSPS) is 23.9. The Morgan fingerprint density at radius 2 is 1.59 bits per heavy atom. The van der Waals surface area contributed by atoms with Gasteiger partial charge in [0.2, 0.25) is 5.79 Å². The first-order valence-corrected chi connectivity index (χ1v) is 9.14. The second-order valence-electron chi connectivity index (χ2n) is 7.13. The Labute approximate surface area is 158 Å². The van der Waals surface area contributed by atoms with Crippen molar-refractivity contribution in [3.05, 3.63) is 89.5 Å². The molecule has 1 aliphatic heterocycles. The van der Waals surface area contributed by atoms with Gasteiger partial charge in [0.25, 0.3) is 0 Å². The Kier molecular flexibility index (Phi) is 3.61. The minimum atomic E-state index is -0.795. The first-order chi connectivity index (χ1) is 13.2. The minimum absolute atomic E-state index is 0.134. The smallest absolute Gasteiger partial charge is 0.208 e. The van der Waals surface area contributed by atoms with Gasteiger partial charge in [0, 0.05) is 11.0 Å². The van der Waals surface area contributed by atoms with Crippen molar-refractivity contribution in [2.24, 2.45) is 0 Å². The Balaban J connectivity index is 1.65. The minimum Gasteiger partial charge on any atom is -0.497 e. The van der Waals surface area contributed by atoms with Crippen LogP contribution in [-0.4, -0.2) is 31.9 Å². The number of hydrogen-bond donors (Lipinski definition) is 0. The zero-order chi connectivity index (χ0) is 18.5. The fraction of sp³-hybridized carbons (Fsp3) is 0.261. The molecule has 1 heterocycles. The number of hydrogen-bond acceptors (Lipinski definition) is 4. The zero-order valence-electron chi connectivity index (χ0n) is 15.1. The number of carbonyl (C=O) groups is 1. The van der Waals surface area contributed by atoms with Crippen LogP contribution in [0.5, 0.6) is 5.75 Å². The van der Waals surface area contributed by atoms with E-state index in [0.29, 0.717) is 13.2 Å². The fourth-order valence-corrected chi connectivity index (χ4v) is 4.45. The molecule has 2 aromatic rings. The van der Waals surface area contributed by atoms with Gasteiger partial charge in [-0.25, -0.2) is 0 Å². The van der Waals surface area contributed by atoms with Crippen LogP contribution < -0.4 is 4.74 Å². The summed E-state index contributed by atoms with van der Waals surface area (Å²) in [5.41, 5.74) is 2.23. The summed E-state index contributed by atoms with van der Waals surface area (Å²) < 4.78 is 16.8. The molecule has 5 rings (SSSR count). The van der Waals surface area contributed by atoms with Gasteiger partial charge in [0.15, 0.2) is 5.78 Å². The molecule has 2 aliphatic carbocycles. The van der Waals surface area contributed by atoms with Gasteiger partial charge in [0.1, 0.15) is 5.75 Å². The van der Waals surface area contributed by atoms with Crippen LogP contribution in [0.15, 0.2) is 72.8 Å². The van der Waals surface area contributed by atoms with Crippen molar-refractivity contribution < 1.29 is 19.0 Å².